The number of carbonyl (C=O) groups is 1. The lowest BCUT2D eigenvalue weighted by atomic mass is 10.2. The highest BCUT2D eigenvalue weighted by molar-refractivity contribution is 5.76. The van der Waals surface area contributed by atoms with Crippen LogP contribution in [0.15, 0.2) is 24.3 Å². The maximum atomic E-state index is 11.6. The molecule has 2 N–H and O–H groups in total. The van der Waals surface area contributed by atoms with Gasteiger partial charge in [0.2, 0.25) is 5.91 Å². The van der Waals surface area contributed by atoms with Gasteiger partial charge >= 0.3 is 0 Å². The second kappa shape index (κ2) is 8.03. The standard InChI is InChI=1S/C17H26N2O2/c1-13(2)11-18-12-14-4-3-5-16(10-14)21-9-8-17(20)19-15-6-7-15/h3-5,10,13,15,18H,6-9,11-12H2,1-2H3,(H,19,20). The summed E-state index contributed by atoms with van der Waals surface area (Å²) in [5, 5.41) is 6.37. The van der Waals surface area contributed by atoms with E-state index < -0.39 is 0 Å². The highest BCUT2D eigenvalue weighted by Gasteiger charge is 2.22. The predicted molar refractivity (Wildman–Crippen MR) is 84.3 cm³/mol. The van der Waals surface area contributed by atoms with Gasteiger partial charge in [0.05, 0.1) is 13.0 Å². The van der Waals surface area contributed by atoms with Gasteiger partial charge in [-0.3, -0.25) is 4.79 Å². The first-order valence-electron chi connectivity index (χ1n) is 7.85. The lowest BCUT2D eigenvalue weighted by molar-refractivity contribution is -0.121. The van der Waals surface area contributed by atoms with Gasteiger partial charge in [-0.25, -0.2) is 0 Å². The van der Waals surface area contributed by atoms with Gasteiger partial charge < -0.3 is 15.4 Å². The molecule has 2 rings (SSSR count). The SMILES string of the molecule is CC(C)CNCc1cccc(OCCC(=O)NC2CC2)c1. The number of hydrogen-bond donors (Lipinski definition) is 2. The molecule has 1 aliphatic carbocycles. The van der Waals surface area contributed by atoms with Gasteiger partial charge in [-0.1, -0.05) is 26.0 Å². The van der Waals surface area contributed by atoms with E-state index in [1.54, 1.807) is 0 Å². The van der Waals surface area contributed by atoms with E-state index in [2.05, 4.69) is 30.5 Å². The molecule has 0 unspecified atom stereocenters. The van der Waals surface area contributed by atoms with Crippen molar-refractivity contribution in [2.24, 2.45) is 5.92 Å². The van der Waals surface area contributed by atoms with Crippen molar-refractivity contribution < 1.29 is 9.53 Å². The van der Waals surface area contributed by atoms with Gasteiger partial charge in [-0.05, 0) is 43.0 Å². The third-order valence-corrected chi connectivity index (χ3v) is 3.32. The van der Waals surface area contributed by atoms with Crippen molar-refractivity contribution in [3.63, 3.8) is 0 Å². The smallest absolute Gasteiger partial charge is 0.223 e. The van der Waals surface area contributed by atoms with Gasteiger partial charge in [-0.2, -0.15) is 0 Å². The lowest BCUT2D eigenvalue weighted by Crippen LogP contribution is -2.26. The molecule has 4 heteroatoms. The van der Waals surface area contributed by atoms with Gasteiger partial charge in [0, 0.05) is 12.6 Å². The van der Waals surface area contributed by atoms with Crippen LogP contribution in [0.1, 0.15) is 38.7 Å². The Hall–Kier alpha value is -1.55. The summed E-state index contributed by atoms with van der Waals surface area (Å²) in [6, 6.07) is 8.47. The molecule has 1 aromatic carbocycles. The number of carbonyl (C=O) groups excluding carboxylic acids is 1. The fraction of sp³-hybridized carbons (Fsp3) is 0.588. The first kappa shape index (κ1) is 15.8. The van der Waals surface area contributed by atoms with Crippen LogP contribution in [0.3, 0.4) is 0 Å². The molecule has 1 fully saturated rings. The van der Waals surface area contributed by atoms with Crippen molar-refractivity contribution in [3.05, 3.63) is 29.8 Å². The van der Waals surface area contributed by atoms with E-state index in [4.69, 9.17) is 4.74 Å². The molecule has 0 spiro atoms. The van der Waals surface area contributed by atoms with Crippen molar-refractivity contribution >= 4 is 5.91 Å². The number of rotatable bonds is 9. The van der Waals surface area contributed by atoms with Crippen LogP contribution in [0.4, 0.5) is 0 Å². The summed E-state index contributed by atoms with van der Waals surface area (Å²) < 4.78 is 5.66. The Kier molecular flexibility index (Phi) is 6.05. The number of nitrogens with one attached hydrogen (secondary N) is 2. The van der Waals surface area contributed by atoms with Crippen molar-refractivity contribution in [3.8, 4) is 5.75 Å². The summed E-state index contributed by atoms with van der Waals surface area (Å²) in [5.74, 6) is 1.57. The van der Waals surface area contributed by atoms with Crippen molar-refractivity contribution in [1.29, 1.82) is 0 Å². The maximum absolute atomic E-state index is 11.6. The van der Waals surface area contributed by atoms with E-state index >= 15 is 0 Å². The fourth-order valence-electron chi connectivity index (χ4n) is 2.04. The molecule has 4 nitrogen and oxygen atoms in total. The van der Waals surface area contributed by atoms with Crippen LogP contribution >= 0.6 is 0 Å². The van der Waals surface area contributed by atoms with Crippen LogP contribution in [0, 0.1) is 5.92 Å². The molecular formula is C17H26N2O2. The molecule has 116 valence electrons. The summed E-state index contributed by atoms with van der Waals surface area (Å²) >= 11 is 0. The first-order valence-corrected chi connectivity index (χ1v) is 7.85. The van der Waals surface area contributed by atoms with Crippen LogP contribution in [-0.4, -0.2) is 25.1 Å². The van der Waals surface area contributed by atoms with E-state index in [-0.39, 0.29) is 5.91 Å². The lowest BCUT2D eigenvalue weighted by Gasteiger charge is -2.10. The highest BCUT2D eigenvalue weighted by atomic mass is 16.5. The average Bonchev–Trinajstić information content (AvgIpc) is 3.23. The Morgan fingerprint density at radius 1 is 1.38 bits per heavy atom. The Balaban J connectivity index is 1.68. The minimum Gasteiger partial charge on any atom is -0.493 e. The Bertz CT molecular complexity index is 456. The zero-order valence-electron chi connectivity index (χ0n) is 13.0. The highest BCUT2D eigenvalue weighted by Crippen LogP contribution is 2.18. The van der Waals surface area contributed by atoms with Crippen LogP contribution in [0.5, 0.6) is 5.75 Å². The normalized spacial score (nSPS) is 14.2. The summed E-state index contributed by atoms with van der Waals surface area (Å²) in [6.45, 7) is 6.67. The first-order chi connectivity index (χ1) is 10.1. The summed E-state index contributed by atoms with van der Waals surface area (Å²) in [7, 11) is 0. The summed E-state index contributed by atoms with van der Waals surface area (Å²) in [6.07, 6.45) is 2.67. The van der Waals surface area contributed by atoms with E-state index in [9.17, 15) is 4.79 Å². The molecule has 0 atom stereocenters. The van der Waals surface area contributed by atoms with Gasteiger partial charge in [0.15, 0.2) is 0 Å². The number of amides is 1. The fourth-order valence-corrected chi connectivity index (χ4v) is 2.04. The number of benzene rings is 1. The average molecular weight is 290 g/mol. The molecule has 0 aromatic heterocycles. The van der Waals surface area contributed by atoms with Crippen LogP contribution in [0.2, 0.25) is 0 Å². The van der Waals surface area contributed by atoms with E-state index in [0.29, 0.717) is 25.0 Å². The molecule has 0 heterocycles. The number of ether oxygens (including phenoxy) is 1. The molecule has 0 aliphatic heterocycles. The van der Waals surface area contributed by atoms with Crippen LogP contribution in [0.25, 0.3) is 0 Å². The van der Waals surface area contributed by atoms with Gasteiger partial charge in [0.25, 0.3) is 0 Å². The van der Waals surface area contributed by atoms with E-state index in [1.807, 2.05) is 18.2 Å². The predicted octanol–water partition coefficient (Wildman–Crippen LogP) is 2.48. The molecule has 0 bridgehead atoms. The third kappa shape index (κ3) is 6.63. The second-order valence-corrected chi connectivity index (χ2v) is 6.11. The molecule has 1 aromatic rings. The van der Waals surface area contributed by atoms with Crippen molar-refractivity contribution in [2.75, 3.05) is 13.2 Å². The van der Waals surface area contributed by atoms with E-state index in [0.717, 1.165) is 31.7 Å². The molecule has 0 radical (unpaired) electrons. The maximum Gasteiger partial charge on any atom is 0.223 e. The third-order valence-electron chi connectivity index (χ3n) is 3.32. The zero-order chi connectivity index (χ0) is 15.1. The molecule has 0 saturated heterocycles. The van der Waals surface area contributed by atoms with Crippen molar-refractivity contribution in [2.45, 2.75) is 45.7 Å². The minimum absolute atomic E-state index is 0.0901. The summed E-state index contributed by atoms with van der Waals surface area (Å²) in [4.78, 5) is 11.6. The number of hydrogen-bond acceptors (Lipinski definition) is 3. The minimum atomic E-state index is 0.0901. The Morgan fingerprint density at radius 3 is 2.90 bits per heavy atom. The zero-order valence-corrected chi connectivity index (χ0v) is 13.0. The monoisotopic (exact) mass is 290 g/mol. The molecule has 1 saturated carbocycles. The topological polar surface area (TPSA) is 50.4 Å². The van der Waals surface area contributed by atoms with Crippen molar-refractivity contribution in [1.82, 2.24) is 10.6 Å². The largest absolute Gasteiger partial charge is 0.493 e. The molecular weight excluding hydrogens is 264 g/mol. The second-order valence-electron chi connectivity index (χ2n) is 6.11. The Labute approximate surface area is 127 Å². The van der Waals surface area contributed by atoms with Crippen LogP contribution < -0.4 is 15.4 Å². The Morgan fingerprint density at radius 2 is 2.19 bits per heavy atom. The quantitative estimate of drug-likeness (QED) is 0.734. The molecule has 1 aliphatic rings. The van der Waals surface area contributed by atoms with E-state index in [1.165, 1.54) is 5.56 Å². The molecule has 21 heavy (non-hydrogen) atoms. The van der Waals surface area contributed by atoms with Gasteiger partial charge in [-0.15, -0.1) is 0 Å². The van der Waals surface area contributed by atoms with Gasteiger partial charge in [0.1, 0.15) is 5.75 Å². The van der Waals surface area contributed by atoms with Crippen LogP contribution in [-0.2, 0) is 11.3 Å². The molecule has 1 amide bonds. The summed E-state index contributed by atoms with van der Waals surface area (Å²) in [5.41, 5.74) is 1.20.